The summed E-state index contributed by atoms with van der Waals surface area (Å²) in [5, 5.41) is 3.39. The molecule has 19 heavy (non-hydrogen) atoms. The van der Waals surface area contributed by atoms with Crippen molar-refractivity contribution in [3.05, 3.63) is 23.7 Å². The van der Waals surface area contributed by atoms with E-state index in [2.05, 4.69) is 37.2 Å². The predicted molar refractivity (Wildman–Crippen MR) is 76.0 cm³/mol. The summed E-state index contributed by atoms with van der Waals surface area (Å²) < 4.78 is 11.2. The quantitative estimate of drug-likeness (QED) is 0.769. The SMILES string of the molecule is CCCNCc1occc1CN(C)C1CCOC1C. The van der Waals surface area contributed by atoms with Crippen molar-refractivity contribution in [1.82, 2.24) is 10.2 Å². The number of nitrogens with one attached hydrogen (secondary N) is 1. The summed E-state index contributed by atoms with van der Waals surface area (Å²) in [6, 6.07) is 2.60. The van der Waals surface area contributed by atoms with Crippen molar-refractivity contribution in [2.24, 2.45) is 0 Å². The molecule has 1 saturated heterocycles. The lowest BCUT2D eigenvalue weighted by Crippen LogP contribution is -2.36. The molecule has 1 fully saturated rings. The van der Waals surface area contributed by atoms with E-state index >= 15 is 0 Å². The van der Waals surface area contributed by atoms with Gasteiger partial charge < -0.3 is 14.5 Å². The van der Waals surface area contributed by atoms with E-state index in [-0.39, 0.29) is 0 Å². The third kappa shape index (κ3) is 3.81. The highest BCUT2D eigenvalue weighted by atomic mass is 16.5. The maximum absolute atomic E-state index is 5.64. The molecule has 108 valence electrons. The van der Waals surface area contributed by atoms with Gasteiger partial charge in [-0.05, 0) is 39.4 Å². The molecule has 0 radical (unpaired) electrons. The summed E-state index contributed by atoms with van der Waals surface area (Å²) >= 11 is 0. The summed E-state index contributed by atoms with van der Waals surface area (Å²) in [6.45, 7) is 7.99. The summed E-state index contributed by atoms with van der Waals surface area (Å²) in [5.41, 5.74) is 1.28. The second kappa shape index (κ2) is 7.08. The second-order valence-corrected chi connectivity index (χ2v) is 5.39. The van der Waals surface area contributed by atoms with E-state index in [0.717, 1.165) is 44.8 Å². The lowest BCUT2D eigenvalue weighted by atomic mass is 10.1. The molecule has 0 amide bonds. The molecule has 2 unspecified atom stereocenters. The highest BCUT2D eigenvalue weighted by Gasteiger charge is 2.28. The van der Waals surface area contributed by atoms with Crippen molar-refractivity contribution in [3.8, 4) is 0 Å². The molecule has 1 aliphatic rings. The zero-order valence-electron chi connectivity index (χ0n) is 12.3. The average molecular weight is 266 g/mol. The van der Waals surface area contributed by atoms with E-state index in [1.165, 1.54) is 5.56 Å². The Hall–Kier alpha value is -0.840. The van der Waals surface area contributed by atoms with E-state index in [9.17, 15) is 0 Å². The van der Waals surface area contributed by atoms with Crippen LogP contribution in [0.3, 0.4) is 0 Å². The molecule has 0 bridgehead atoms. The molecular weight excluding hydrogens is 240 g/mol. The van der Waals surface area contributed by atoms with Gasteiger partial charge in [0.25, 0.3) is 0 Å². The minimum Gasteiger partial charge on any atom is -0.468 e. The summed E-state index contributed by atoms with van der Waals surface area (Å²) in [6.07, 6.45) is 4.39. The van der Waals surface area contributed by atoms with Gasteiger partial charge in [0.05, 0.1) is 18.9 Å². The first-order valence-electron chi connectivity index (χ1n) is 7.30. The van der Waals surface area contributed by atoms with Gasteiger partial charge in [-0.3, -0.25) is 4.90 Å². The van der Waals surface area contributed by atoms with Gasteiger partial charge >= 0.3 is 0 Å². The summed E-state index contributed by atoms with van der Waals surface area (Å²) in [7, 11) is 2.17. The van der Waals surface area contributed by atoms with E-state index in [1.54, 1.807) is 6.26 Å². The Labute approximate surface area is 116 Å². The summed E-state index contributed by atoms with van der Waals surface area (Å²) in [5.74, 6) is 1.06. The van der Waals surface area contributed by atoms with Gasteiger partial charge in [-0.1, -0.05) is 6.92 Å². The number of rotatable bonds is 7. The van der Waals surface area contributed by atoms with Crippen LogP contribution >= 0.6 is 0 Å². The molecule has 1 aliphatic heterocycles. The Morgan fingerprint density at radius 2 is 2.32 bits per heavy atom. The third-order valence-corrected chi connectivity index (χ3v) is 3.87. The number of nitrogens with zero attached hydrogens (tertiary/aromatic N) is 1. The predicted octanol–water partition coefficient (Wildman–Crippen LogP) is 2.39. The molecule has 0 spiro atoms. The first-order valence-corrected chi connectivity index (χ1v) is 7.30. The molecule has 4 nitrogen and oxygen atoms in total. The van der Waals surface area contributed by atoms with Gasteiger partial charge in [-0.15, -0.1) is 0 Å². The van der Waals surface area contributed by atoms with Gasteiger partial charge in [-0.2, -0.15) is 0 Å². The lowest BCUT2D eigenvalue weighted by Gasteiger charge is -2.26. The molecule has 0 aromatic carbocycles. The average Bonchev–Trinajstić information content (AvgIpc) is 2.99. The van der Waals surface area contributed by atoms with Crippen LogP contribution in [-0.2, 0) is 17.8 Å². The fraction of sp³-hybridized carbons (Fsp3) is 0.733. The van der Waals surface area contributed by atoms with E-state index in [0.29, 0.717) is 12.1 Å². The summed E-state index contributed by atoms with van der Waals surface area (Å²) in [4.78, 5) is 2.38. The van der Waals surface area contributed by atoms with E-state index < -0.39 is 0 Å². The van der Waals surface area contributed by atoms with Crippen molar-refractivity contribution in [2.45, 2.75) is 51.9 Å². The van der Waals surface area contributed by atoms with Crippen LogP contribution in [0.15, 0.2) is 16.7 Å². The molecule has 0 aliphatic carbocycles. The second-order valence-electron chi connectivity index (χ2n) is 5.39. The van der Waals surface area contributed by atoms with Crippen LogP contribution in [0.4, 0.5) is 0 Å². The van der Waals surface area contributed by atoms with Gasteiger partial charge in [0, 0.05) is 24.8 Å². The number of hydrogen-bond acceptors (Lipinski definition) is 4. The van der Waals surface area contributed by atoms with Gasteiger partial charge in [0.2, 0.25) is 0 Å². The van der Waals surface area contributed by atoms with Crippen LogP contribution in [0.2, 0.25) is 0 Å². The van der Waals surface area contributed by atoms with Crippen molar-refractivity contribution in [3.63, 3.8) is 0 Å². The van der Waals surface area contributed by atoms with E-state index in [1.807, 2.05) is 0 Å². The molecule has 1 aromatic rings. The molecule has 2 heterocycles. The van der Waals surface area contributed by atoms with Crippen molar-refractivity contribution in [2.75, 3.05) is 20.2 Å². The number of likely N-dealkylation sites (N-methyl/N-ethyl adjacent to an activating group) is 1. The Morgan fingerprint density at radius 3 is 3.00 bits per heavy atom. The largest absolute Gasteiger partial charge is 0.468 e. The molecule has 0 saturated carbocycles. The fourth-order valence-corrected chi connectivity index (χ4v) is 2.73. The molecule has 2 atom stereocenters. The molecule has 4 heteroatoms. The number of hydrogen-bond donors (Lipinski definition) is 1. The first kappa shape index (κ1) is 14.6. The third-order valence-electron chi connectivity index (χ3n) is 3.87. The minimum atomic E-state index is 0.332. The lowest BCUT2D eigenvalue weighted by molar-refractivity contribution is 0.0812. The molecular formula is C15H26N2O2. The normalized spacial score (nSPS) is 23.4. The zero-order valence-corrected chi connectivity index (χ0v) is 12.3. The highest BCUT2D eigenvalue weighted by Crippen LogP contribution is 2.21. The van der Waals surface area contributed by atoms with Crippen molar-refractivity contribution in [1.29, 1.82) is 0 Å². The minimum absolute atomic E-state index is 0.332. The topological polar surface area (TPSA) is 37.6 Å². The number of furan rings is 1. The highest BCUT2D eigenvalue weighted by molar-refractivity contribution is 5.17. The van der Waals surface area contributed by atoms with Gasteiger partial charge in [0.1, 0.15) is 5.76 Å². The Kier molecular flexibility index (Phi) is 5.43. The van der Waals surface area contributed by atoms with Gasteiger partial charge in [-0.25, -0.2) is 0 Å². The smallest absolute Gasteiger partial charge is 0.122 e. The number of ether oxygens (including phenoxy) is 1. The molecule has 2 rings (SSSR count). The molecule has 1 N–H and O–H groups in total. The maximum Gasteiger partial charge on any atom is 0.122 e. The van der Waals surface area contributed by atoms with Crippen LogP contribution in [0.25, 0.3) is 0 Å². The Balaban J connectivity index is 1.89. The Morgan fingerprint density at radius 1 is 1.47 bits per heavy atom. The standard InChI is InChI=1S/C15H26N2O2/c1-4-7-16-10-15-13(5-8-19-15)11-17(3)14-6-9-18-12(14)2/h5,8,12,14,16H,4,6-7,9-11H2,1-3H3. The molecule has 1 aromatic heterocycles. The maximum atomic E-state index is 5.64. The zero-order chi connectivity index (χ0) is 13.7. The first-order chi connectivity index (χ1) is 9.22. The van der Waals surface area contributed by atoms with Crippen LogP contribution in [0.5, 0.6) is 0 Å². The monoisotopic (exact) mass is 266 g/mol. The Bertz CT molecular complexity index is 378. The van der Waals surface area contributed by atoms with Crippen LogP contribution < -0.4 is 5.32 Å². The van der Waals surface area contributed by atoms with Gasteiger partial charge in [0.15, 0.2) is 0 Å². The van der Waals surface area contributed by atoms with Crippen LogP contribution in [0, 0.1) is 0 Å². The van der Waals surface area contributed by atoms with Crippen LogP contribution in [-0.4, -0.2) is 37.2 Å². The van der Waals surface area contributed by atoms with Crippen molar-refractivity contribution < 1.29 is 9.15 Å². The van der Waals surface area contributed by atoms with Crippen molar-refractivity contribution >= 4 is 0 Å². The van der Waals surface area contributed by atoms with E-state index in [4.69, 9.17) is 9.15 Å². The van der Waals surface area contributed by atoms with Crippen LogP contribution in [0.1, 0.15) is 38.0 Å². The fourth-order valence-electron chi connectivity index (χ4n) is 2.73.